The van der Waals surface area contributed by atoms with Gasteiger partial charge in [0, 0.05) is 29.0 Å². The fraction of sp³-hybridized carbons (Fsp3) is 0.250. The van der Waals surface area contributed by atoms with E-state index in [9.17, 15) is 22.4 Å². The van der Waals surface area contributed by atoms with Gasteiger partial charge in [-0.2, -0.15) is 18.3 Å². The van der Waals surface area contributed by atoms with Crippen molar-refractivity contribution in [2.45, 2.75) is 33.0 Å². The standard InChI is InChI=1S/C20H17ClF4N4O/c1-11-16(8-19(30)27-9-13-3-5-15(22)7-17(13)21)12(2)29(28-11)18-6-4-14(10-26-18)20(23,24)25/h3-7,10H,8-9H2,1-2H3,(H,27,30). The summed E-state index contributed by atoms with van der Waals surface area (Å²) in [6, 6.07) is 6.06. The van der Waals surface area contributed by atoms with Crippen molar-refractivity contribution in [1.82, 2.24) is 20.1 Å². The van der Waals surface area contributed by atoms with Crippen molar-refractivity contribution in [2.75, 3.05) is 0 Å². The maximum absolute atomic E-state index is 13.1. The summed E-state index contributed by atoms with van der Waals surface area (Å²) in [6.07, 6.45) is -3.72. The summed E-state index contributed by atoms with van der Waals surface area (Å²) >= 11 is 5.95. The van der Waals surface area contributed by atoms with Gasteiger partial charge in [0.2, 0.25) is 5.91 Å². The zero-order chi connectivity index (χ0) is 22.1. The Labute approximate surface area is 174 Å². The highest BCUT2D eigenvalue weighted by atomic mass is 35.5. The van der Waals surface area contributed by atoms with E-state index >= 15 is 0 Å². The molecule has 2 heterocycles. The number of halogens is 5. The topological polar surface area (TPSA) is 59.8 Å². The number of aromatic nitrogens is 3. The van der Waals surface area contributed by atoms with Gasteiger partial charge in [-0.1, -0.05) is 17.7 Å². The van der Waals surface area contributed by atoms with Gasteiger partial charge in [0.15, 0.2) is 5.82 Å². The van der Waals surface area contributed by atoms with E-state index in [1.165, 1.54) is 28.9 Å². The van der Waals surface area contributed by atoms with Crippen molar-refractivity contribution in [1.29, 1.82) is 0 Å². The quantitative estimate of drug-likeness (QED) is 0.592. The smallest absolute Gasteiger partial charge is 0.352 e. The lowest BCUT2D eigenvalue weighted by Gasteiger charge is -2.09. The number of pyridine rings is 1. The molecule has 1 N–H and O–H groups in total. The van der Waals surface area contributed by atoms with Crippen molar-refractivity contribution in [2.24, 2.45) is 0 Å². The van der Waals surface area contributed by atoms with Gasteiger partial charge in [-0.05, 0) is 43.7 Å². The molecule has 0 saturated heterocycles. The first-order valence-corrected chi connectivity index (χ1v) is 9.23. The third kappa shape index (κ3) is 4.79. The molecule has 0 saturated carbocycles. The number of aryl methyl sites for hydroxylation is 1. The molecular weight excluding hydrogens is 424 g/mol. The molecule has 0 unspecified atom stereocenters. The number of carbonyl (C=O) groups is 1. The highest BCUT2D eigenvalue weighted by molar-refractivity contribution is 6.31. The van der Waals surface area contributed by atoms with Crippen molar-refractivity contribution in [3.63, 3.8) is 0 Å². The van der Waals surface area contributed by atoms with Gasteiger partial charge in [0.05, 0.1) is 17.7 Å². The molecule has 5 nitrogen and oxygen atoms in total. The molecule has 0 atom stereocenters. The summed E-state index contributed by atoms with van der Waals surface area (Å²) in [4.78, 5) is 16.2. The van der Waals surface area contributed by atoms with Crippen LogP contribution in [0.25, 0.3) is 5.82 Å². The van der Waals surface area contributed by atoms with Crippen LogP contribution < -0.4 is 5.32 Å². The van der Waals surface area contributed by atoms with Crippen molar-refractivity contribution >= 4 is 17.5 Å². The third-order valence-corrected chi connectivity index (χ3v) is 4.91. The average Bonchev–Trinajstić information content (AvgIpc) is 2.95. The van der Waals surface area contributed by atoms with Crippen LogP contribution in [0.1, 0.15) is 28.1 Å². The number of benzene rings is 1. The summed E-state index contributed by atoms with van der Waals surface area (Å²) < 4.78 is 52.7. The van der Waals surface area contributed by atoms with Gasteiger partial charge in [-0.3, -0.25) is 4.79 Å². The molecular formula is C20H17ClF4N4O. The van der Waals surface area contributed by atoms with Gasteiger partial charge in [0.25, 0.3) is 0 Å². The zero-order valence-electron chi connectivity index (χ0n) is 16.0. The molecule has 30 heavy (non-hydrogen) atoms. The minimum atomic E-state index is -4.47. The summed E-state index contributed by atoms with van der Waals surface area (Å²) in [5, 5.41) is 7.22. The Bertz CT molecular complexity index is 1080. The van der Waals surface area contributed by atoms with Crippen molar-refractivity contribution in [3.05, 3.63) is 75.4 Å². The van der Waals surface area contributed by atoms with E-state index in [0.717, 1.165) is 12.3 Å². The van der Waals surface area contributed by atoms with Gasteiger partial charge >= 0.3 is 6.18 Å². The first-order chi connectivity index (χ1) is 14.1. The van der Waals surface area contributed by atoms with E-state index in [2.05, 4.69) is 15.4 Å². The lowest BCUT2D eigenvalue weighted by Crippen LogP contribution is -2.25. The Kier molecular flexibility index (Phi) is 6.12. The number of alkyl halides is 3. The van der Waals surface area contributed by atoms with Gasteiger partial charge < -0.3 is 5.32 Å². The molecule has 10 heteroatoms. The van der Waals surface area contributed by atoms with Crippen LogP contribution in [0, 0.1) is 19.7 Å². The monoisotopic (exact) mass is 440 g/mol. The number of nitrogens with one attached hydrogen (secondary N) is 1. The molecule has 3 aromatic rings. The predicted octanol–water partition coefficient (Wildman–Crippen LogP) is 4.55. The van der Waals surface area contributed by atoms with Crippen LogP contribution in [0.4, 0.5) is 17.6 Å². The van der Waals surface area contributed by atoms with E-state index in [1.54, 1.807) is 13.8 Å². The largest absolute Gasteiger partial charge is 0.417 e. The lowest BCUT2D eigenvalue weighted by molar-refractivity contribution is -0.137. The molecule has 0 bridgehead atoms. The predicted molar refractivity (Wildman–Crippen MR) is 103 cm³/mol. The second-order valence-corrected chi connectivity index (χ2v) is 7.06. The number of carbonyl (C=O) groups excluding carboxylic acids is 1. The summed E-state index contributed by atoms with van der Waals surface area (Å²) in [6.45, 7) is 3.54. The number of hydrogen-bond donors (Lipinski definition) is 1. The number of amides is 1. The molecule has 2 aromatic heterocycles. The second-order valence-electron chi connectivity index (χ2n) is 6.65. The minimum absolute atomic E-state index is 0.0110. The van der Waals surface area contributed by atoms with Crippen LogP contribution in [0.15, 0.2) is 36.5 Å². The normalized spacial score (nSPS) is 11.6. The highest BCUT2D eigenvalue weighted by Crippen LogP contribution is 2.29. The van der Waals surface area contributed by atoms with Crippen molar-refractivity contribution < 1.29 is 22.4 Å². The molecule has 0 radical (unpaired) electrons. The van der Waals surface area contributed by atoms with Crippen LogP contribution in [0.3, 0.4) is 0 Å². The van der Waals surface area contributed by atoms with Crippen LogP contribution in [-0.2, 0) is 23.9 Å². The van der Waals surface area contributed by atoms with Crippen LogP contribution >= 0.6 is 11.6 Å². The van der Waals surface area contributed by atoms with Gasteiger partial charge in [-0.15, -0.1) is 0 Å². The van der Waals surface area contributed by atoms with E-state index in [4.69, 9.17) is 11.6 Å². The SMILES string of the molecule is Cc1nn(-c2ccc(C(F)(F)F)cn2)c(C)c1CC(=O)NCc1ccc(F)cc1Cl. The number of nitrogens with zero attached hydrogens (tertiary/aromatic N) is 3. The fourth-order valence-electron chi connectivity index (χ4n) is 2.91. The molecule has 158 valence electrons. The average molecular weight is 441 g/mol. The Morgan fingerprint density at radius 3 is 2.53 bits per heavy atom. The minimum Gasteiger partial charge on any atom is -0.352 e. The fourth-order valence-corrected chi connectivity index (χ4v) is 3.15. The van der Waals surface area contributed by atoms with Crippen LogP contribution in [0.2, 0.25) is 5.02 Å². The Hall–Kier alpha value is -2.94. The van der Waals surface area contributed by atoms with E-state index in [-0.39, 0.29) is 29.7 Å². The van der Waals surface area contributed by atoms with Crippen LogP contribution in [0.5, 0.6) is 0 Å². The number of hydrogen-bond acceptors (Lipinski definition) is 3. The first-order valence-electron chi connectivity index (χ1n) is 8.85. The van der Waals surface area contributed by atoms with Gasteiger partial charge in [0.1, 0.15) is 5.82 Å². The maximum atomic E-state index is 13.1. The summed E-state index contributed by atoms with van der Waals surface area (Å²) in [5.41, 5.74) is 1.51. The summed E-state index contributed by atoms with van der Waals surface area (Å²) in [5.74, 6) is -0.555. The third-order valence-electron chi connectivity index (χ3n) is 4.56. The lowest BCUT2D eigenvalue weighted by atomic mass is 10.1. The highest BCUT2D eigenvalue weighted by Gasteiger charge is 2.30. The Balaban J connectivity index is 1.73. The molecule has 1 amide bonds. The summed E-state index contributed by atoms with van der Waals surface area (Å²) in [7, 11) is 0. The van der Waals surface area contributed by atoms with E-state index in [0.29, 0.717) is 22.5 Å². The maximum Gasteiger partial charge on any atom is 0.417 e. The Morgan fingerprint density at radius 1 is 1.20 bits per heavy atom. The van der Waals surface area contributed by atoms with Gasteiger partial charge in [-0.25, -0.2) is 14.1 Å². The molecule has 0 spiro atoms. The first kappa shape index (κ1) is 21.8. The molecule has 0 fully saturated rings. The van der Waals surface area contributed by atoms with E-state index < -0.39 is 17.6 Å². The van der Waals surface area contributed by atoms with Crippen LogP contribution in [-0.4, -0.2) is 20.7 Å². The molecule has 3 rings (SSSR count). The second kappa shape index (κ2) is 8.43. The van der Waals surface area contributed by atoms with Crippen molar-refractivity contribution in [3.8, 4) is 5.82 Å². The number of rotatable bonds is 5. The molecule has 0 aliphatic heterocycles. The molecule has 0 aliphatic rings. The zero-order valence-corrected chi connectivity index (χ0v) is 16.8. The molecule has 0 aliphatic carbocycles. The molecule has 1 aromatic carbocycles. The Morgan fingerprint density at radius 2 is 1.93 bits per heavy atom. The van der Waals surface area contributed by atoms with E-state index in [1.807, 2.05) is 0 Å².